The lowest BCUT2D eigenvalue weighted by atomic mass is 10.2. The highest BCUT2D eigenvalue weighted by Gasteiger charge is 2.50. The smallest absolute Gasteiger partial charge is 0.261 e. The highest BCUT2D eigenvalue weighted by atomic mass is 32.2. The van der Waals surface area contributed by atoms with Crippen LogP contribution >= 0.6 is 11.8 Å². The molecule has 1 heterocycles. The third kappa shape index (κ3) is 4.50. The van der Waals surface area contributed by atoms with Crippen molar-refractivity contribution in [2.75, 3.05) is 6.26 Å². The monoisotopic (exact) mass is 482 g/mol. The Morgan fingerprint density at radius 2 is 1.38 bits per heavy atom. The minimum atomic E-state index is -2.58. The molecule has 0 unspecified atom stereocenters. The molecule has 1 aromatic heterocycles. The van der Waals surface area contributed by atoms with Crippen molar-refractivity contribution in [3.8, 4) is 11.8 Å². The highest BCUT2D eigenvalue weighted by molar-refractivity contribution is 7.98. The zero-order chi connectivity index (χ0) is 24.2. The van der Waals surface area contributed by atoms with Crippen LogP contribution in [0.1, 0.15) is 32.0 Å². The van der Waals surface area contributed by atoms with Crippen LogP contribution in [-0.2, 0) is 11.0 Å². The standard InChI is InChI=1S/C29H30N2OSSi/c1-29(2,3)34(26-11-7-5-8-12-26,27-13-9-6-10-14-27)32-22-23-15-17-24(18-16-23)31-25(21-30)19-20-28(31)33-4/h5-20H,22H2,1-4H3. The summed E-state index contributed by atoms with van der Waals surface area (Å²) in [6.07, 6.45) is 2.03. The second-order valence-electron chi connectivity index (χ2n) is 9.33. The van der Waals surface area contributed by atoms with Gasteiger partial charge in [0.2, 0.25) is 0 Å². The number of thioether (sulfide) groups is 1. The molecule has 0 bridgehead atoms. The summed E-state index contributed by atoms with van der Waals surface area (Å²) in [4.78, 5) is 0. The summed E-state index contributed by atoms with van der Waals surface area (Å²) in [6, 6.07) is 35.9. The van der Waals surface area contributed by atoms with E-state index < -0.39 is 8.32 Å². The predicted molar refractivity (Wildman–Crippen MR) is 145 cm³/mol. The number of hydrogen-bond donors (Lipinski definition) is 0. The second kappa shape index (κ2) is 10.1. The van der Waals surface area contributed by atoms with Gasteiger partial charge in [0.15, 0.2) is 0 Å². The van der Waals surface area contributed by atoms with E-state index in [4.69, 9.17) is 4.43 Å². The molecular weight excluding hydrogens is 452 g/mol. The molecule has 0 fully saturated rings. The van der Waals surface area contributed by atoms with Crippen LogP contribution in [0.4, 0.5) is 0 Å². The van der Waals surface area contributed by atoms with Gasteiger partial charge in [0.05, 0.1) is 11.6 Å². The number of benzene rings is 3. The molecule has 0 aliphatic carbocycles. The maximum absolute atomic E-state index is 9.51. The lowest BCUT2D eigenvalue weighted by Gasteiger charge is -2.43. The molecule has 0 spiro atoms. The van der Waals surface area contributed by atoms with Crippen LogP contribution in [0, 0.1) is 11.3 Å². The number of nitrogens with zero attached hydrogens (tertiary/aromatic N) is 2. The molecule has 0 aliphatic rings. The van der Waals surface area contributed by atoms with Crippen molar-refractivity contribution in [1.82, 2.24) is 4.57 Å². The fraction of sp³-hybridized carbons (Fsp3) is 0.207. The van der Waals surface area contributed by atoms with Crippen LogP contribution in [0.5, 0.6) is 0 Å². The summed E-state index contributed by atoms with van der Waals surface area (Å²) in [6.45, 7) is 7.41. The van der Waals surface area contributed by atoms with Crippen molar-refractivity contribution in [2.45, 2.75) is 37.4 Å². The Labute approximate surface area is 208 Å². The number of aromatic nitrogens is 1. The molecule has 0 aliphatic heterocycles. The van der Waals surface area contributed by atoms with Gasteiger partial charge < -0.3 is 4.43 Å². The quantitative estimate of drug-likeness (QED) is 0.234. The van der Waals surface area contributed by atoms with Crippen LogP contribution in [0.25, 0.3) is 5.69 Å². The van der Waals surface area contributed by atoms with Gasteiger partial charge in [0, 0.05) is 5.69 Å². The minimum absolute atomic E-state index is 0.0598. The van der Waals surface area contributed by atoms with E-state index in [0.717, 1.165) is 16.3 Å². The van der Waals surface area contributed by atoms with Crippen LogP contribution in [-0.4, -0.2) is 19.1 Å². The summed E-state index contributed by atoms with van der Waals surface area (Å²) in [5, 5.41) is 13.1. The molecule has 172 valence electrons. The summed E-state index contributed by atoms with van der Waals surface area (Å²) in [5.74, 6) is 0. The summed E-state index contributed by atoms with van der Waals surface area (Å²) in [5.41, 5.74) is 2.74. The molecule has 3 aromatic carbocycles. The van der Waals surface area contributed by atoms with E-state index >= 15 is 0 Å². The van der Waals surface area contributed by atoms with E-state index in [0.29, 0.717) is 12.3 Å². The lowest BCUT2D eigenvalue weighted by Crippen LogP contribution is -2.66. The fourth-order valence-electron chi connectivity index (χ4n) is 4.63. The third-order valence-corrected chi connectivity index (χ3v) is 12.0. The Morgan fingerprint density at radius 3 is 1.85 bits per heavy atom. The molecule has 0 N–H and O–H groups in total. The molecule has 3 nitrogen and oxygen atoms in total. The van der Waals surface area contributed by atoms with E-state index in [1.807, 2.05) is 23.0 Å². The lowest BCUT2D eigenvalue weighted by molar-refractivity contribution is 0.286. The number of rotatable bonds is 7. The van der Waals surface area contributed by atoms with Gasteiger partial charge in [-0.2, -0.15) is 5.26 Å². The zero-order valence-electron chi connectivity index (χ0n) is 20.2. The molecule has 0 saturated carbocycles. The van der Waals surface area contributed by atoms with Crippen molar-refractivity contribution in [2.24, 2.45) is 0 Å². The average Bonchev–Trinajstić information content (AvgIpc) is 3.28. The van der Waals surface area contributed by atoms with Gasteiger partial charge in [0.1, 0.15) is 11.8 Å². The van der Waals surface area contributed by atoms with Crippen molar-refractivity contribution in [3.05, 3.63) is 108 Å². The van der Waals surface area contributed by atoms with Crippen LogP contribution in [0.2, 0.25) is 5.04 Å². The molecule has 0 amide bonds. The Kier molecular flexibility index (Phi) is 7.13. The average molecular weight is 483 g/mol. The fourth-order valence-corrected chi connectivity index (χ4v) is 9.75. The van der Waals surface area contributed by atoms with E-state index in [9.17, 15) is 5.26 Å². The summed E-state index contributed by atoms with van der Waals surface area (Å²) >= 11 is 1.63. The Morgan fingerprint density at radius 1 is 0.824 bits per heavy atom. The van der Waals surface area contributed by atoms with E-state index in [1.54, 1.807) is 11.8 Å². The first-order valence-corrected chi connectivity index (χ1v) is 14.5. The maximum atomic E-state index is 9.51. The Bertz CT molecular complexity index is 1230. The topological polar surface area (TPSA) is 38.0 Å². The van der Waals surface area contributed by atoms with Gasteiger partial charge in [-0.25, -0.2) is 0 Å². The van der Waals surface area contributed by atoms with Crippen LogP contribution in [0.3, 0.4) is 0 Å². The van der Waals surface area contributed by atoms with Crippen LogP contribution < -0.4 is 10.4 Å². The van der Waals surface area contributed by atoms with E-state index in [2.05, 4.69) is 112 Å². The molecule has 0 atom stereocenters. The van der Waals surface area contributed by atoms with Crippen LogP contribution in [0.15, 0.2) is 102 Å². The van der Waals surface area contributed by atoms with Gasteiger partial charge in [-0.15, -0.1) is 11.8 Å². The largest absolute Gasteiger partial charge is 0.403 e. The Hall–Kier alpha value is -3.04. The predicted octanol–water partition coefficient (Wildman–Crippen LogP) is 6.15. The van der Waals surface area contributed by atoms with E-state index in [1.165, 1.54) is 10.4 Å². The summed E-state index contributed by atoms with van der Waals surface area (Å²) < 4.78 is 9.05. The van der Waals surface area contributed by atoms with Gasteiger partial charge in [-0.3, -0.25) is 4.57 Å². The van der Waals surface area contributed by atoms with Gasteiger partial charge in [-0.05, 0) is 51.5 Å². The van der Waals surface area contributed by atoms with Gasteiger partial charge in [-0.1, -0.05) is 93.6 Å². The highest BCUT2D eigenvalue weighted by Crippen LogP contribution is 2.37. The molecule has 5 heteroatoms. The second-order valence-corrected chi connectivity index (χ2v) is 14.5. The van der Waals surface area contributed by atoms with Gasteiger partial charge in [0.25, 0.3) is 8.32 Å². The van der Waals surface area contributed by atoms with E-state index in [-0.39, 0.29) is 5.04 Å². The maximum Gasteiger partial charge on any atom is 0.261 e. The van der Waals surface area contributed by atoms with Crippen molar-refractivity contribution in [3.63, 3.8) is 0 Å². The normalized spacial score (nSPS) is 11.9. The molecule has 0 radical (unpaired) electrons. The van der Waals surface area contributed by atoms with Crippen molar-refractivity contribution >= 4 is 30.5 Å². The first kappa shape index (κ1) is 24.1. The first-order valence-electron chi connectivity index (χ1n) is 11.4. The molecule has 4 aromatic rings. The summed E-state index contributed by atoms with van der Waals surface area (Å²) in [7, 11) is -2.58. The third-order valence-electron chi connectivity index (χ3n) is 6.24. The van der Waals surface area contributed by atoms with Crippen molar-refractivity contribution in [1.29, 1.82) is 5.26 Å². The number of nitriles is 1. The molecule has 4 rings (SSSR count). The minimum Gasteiger partial charge on any atom is -0.403 e. The van der Waals surface area contributed by atoms with Crippen molar-refractivity contribution < 1.29 is 4.43 Å². The van der Waals surface area contributed by atoms with Gasteiger partial charge >= 0.3 is 0 Å². The first-order chi connectivity index (χ1) is 16.4. The molecule has 0 saturated heterocycles. The molecule has 34 heavy (non-hydrogen) atoms. The SMILES string of the molecule is CSc1ccc(C#N)n1-c1ccc(CO[Si](c2ccccc2)(c2ccccc2)C(C)(C)C)cc1. The zero-order valence-corrected chi connectivity index (χ0v) is 22.0. The molecular formula is C29H30N2OSSi. The number of hydrogen-bond acceptors (Lipinski definition) is 3. The Balaban J connectivity index is 1.70.